The fourth-order valence-electron chi connectivity index (χ4n) is 1.14. The molecule has 1 aromatic carbocycles. The number of rotatable bonds is 2. The number of benzene rings is 1. The van der Waals surface area contributed by atoms with E-state index in [2.05, 4.69) is 44.7 Å². The number of aryl methyl sites for hydroxylation is 2. The van der Waals surface area contributed by atoms with Crippen LogP contribution in [0.4, 0.5) is 0 Å². The van der Waals surface area contributed by atoms with Crippen LogP contribution in [0.2, 0.25) is 0 Å². The van der Waals surface area contributed by atoms with E-state index < -0.39 is 0 Å². The Morgan fingerprint density at radius 3 is 1.67 bits per heavy atom. The normalized spacial score (nSPS) is 10.0. The smallest absolute Gasteiger partial charge is 0.0398 e. The molecular weight excluding hydrogens is 216 g/mol. The average Bonchev–Trinajstić information content (AvgIpc) is 2.37. The highest BCUT2D eigenvalue weighted by atomic mass is 13.9. The molecule has 0 fully saturated rings. The Bertz CT molecular complexity index is 329. The summed E-state index contributed by atoms with van der Waals surface area (Å²) in [5.74, 6) is 0. The minimum Gasteiger partial charge on any atom is -0.0991 e. The van der Waals surface area contributed by atoms with E-state index in [1.807, 2.05) is 45.9 Å². The van der Waals surface area contributed by atoms with Crippen LogP contribution in [-0.4, -0.2) is 0 Å². The van der Waals surface area contributed by atoms with Gasteiger partial charge >= 0.3 is 0 Å². The molecule has 18 heavy (non-hydrogen) atoms. The van der Waals surface area contributed by atoms with Crippen LogP contribution in [0.15, 0.2) is 60.7 Å². The van der Waals surface area contributed by atoms with Crippen molar-refractivity contribution in [2.75, 3.05) is 0 Å². The first-order valence-electron chi connectivity index (χ1n) is 6.55. The summed E-state index contributed by atoms with van der Waals surface area (Å²) in [6, 6.07) is 8.48. The number of allylic oxidation sites excluding steroid dienone is 5. The molecule has 0 atom stereocenters. The van der Waals surface area contributed by atoms with E-state index in [-0.39, 0.29) is 0 Å². The molecule has 0 aliphatic carbocycles. The summed E-state index contributed by atoms with van der Waals surface area (Å²) < 4.78 is 0. The predicted molar refractivity (Wildman–Crippen MR) is 86.0 cm³/mol. The van der Waals surface area contributed by atoms with Crippen molar-refractivity contribution < 1.29 is 0 Å². The molecule has 0 bridgehead atoms. The molecule has 0 nitrogen and oxygen atoms in total. The first-order chi connectivity index (χ1) is 8.60. The largest absolute Gasteiger partial charge is 0.0991 e. The van der Waals surface area contributed by atoms with E-state index in [9.17, 15) is 0 Å². The maximum Gasteiger partial charge on any atom is -0.0398 e. The lowest BCUT2D eigenvalue weighted by atomic mass is 10.2. The van der Waals surface area contributed by atoms with E-state index in [1.54, 1.807) is 6.08 Å². The third-order valence-electron chi connectivity index (χ3n) is 2.03. The minimum absolute atomic E-state index is 1.24. The molecule has 0 saturated carbocycles. The first-order valence-corrected chi connectivity index (χ1v) is 6.55. The van der Waals surface area contributed by atoms with Crippen LogP contribution >= 0.6 is 0 Å². The number of hydrogen-bond donors (Lipinski definition) is 0. The molecule has 1 rings (SSSR count). The fourth-order valence-corrected chi connectivity index (χ4v) is 1.14. The van der Waals surface area contributed by atoms with Crippen molar-refractivity contribution in [3.63, 3.8) is 0 Å². The molecule has 0 spiro atoms. The van der Waals surface area contributed by atoms with Crippen molar-refractivity contribution in [2.45, 2.75) is 41.5 Å². The SMILES string of the molecule is C=C/C=C(C)\C=C/C.CC.Cc1ccc(C)cc1. The van der Waals surface area contributed by atoms with Crippen LogP contribution in [-0.2, 0) is 0 Å². The summed E-state index contributed by atoms with van der Waals surface area (Å²) in [6.07, 6.45) is 7.81. The average molecular weight is 244 g/mol. The zero-order valence-corrected chi connectivity index (χ0v) is 12.8. The van der Waals surface area contributed by atoms with Crippen molar-refractivity contribution in [1.29, 1.82) is 0 Å². The summed E-state index contributed by atoms with van der Waals surface area (Å²) in [5.41, 5.74) is 3.90. The summed E-state index contributed by atoms with van der Waals surface area (Å²) >= 11 is 0. The van der Waals surface area contributed by atoms with Crippen LogP contribution < -0.4 is 0 Å². The first kappa shape index (κ1) is 18.8. The zero-order chi connectivity index (χ0) is 14.4. The molecule has 0 heteroatoms. The van der Waals surface area contributed by atoms with Gasteiger partial charge in [0.05, 0.1) is 0 Å². The molecule has 0 radical (unpaired) electrons. The lowest BCUT2D eigenvalue weighted by molar-refractivity contribution is 1.40. The van der Waals surface area contributed by atoms with Crippen molar-refractivity contribution in [2.24, 2.45) is 0 Å². The summed E-state index contributed by atoms with van der Waals surface area (Å²) in [7, 11) is 0. The van der Waals surface area contributed by atoms with Gasteiger partial charge in [0.1, 0.15) is 0 Å². The molecule has 0 amide bonds. The molecule has 0 N–H and O–H groups in total. The molecule has 1 aromatic rings. The van der Waals surface area contributed by atoms with E-state index in [1.165, 1.54) is 16.7 Å². The second kappa shape index (κ2) is 13.5. The van der Waals surface area contributed by atoms with Crippen LogP contribution in [0.5, 0.6) is 0 Å². The van der Waals surface area contributed by atoms with Crippen LogP contribution in [0.3, 0.4) is 0 Å². The van der Waals surface area contributed by atoms with Crippen molar-refractivity contribution >= 4 is 0 Å². The Hall–Kier alpha value is -1.56. The molecule has 0 aliphatic heterocycles. The third kappa shape index (κ3) is 12.5. The summed E-state index contributed by atoms with van der Waals surface area (Å²) in [5, 5.41) is 0. The van der Waals surface area contributed by atoms with Gasteiger partial charge in [-0.25, -0.2) is 0 Å². The van der Waals surface area contributed by atoms with Gasteiger partial charge < -0.3 is 0 Å². The summed E-state index contributed by atoms with van der Waals surface area (Å²) in [4.78, 5) is 0. The highest BCUT2D eigenvalue weighted by molar-refractivity contribution is 5.20. The van der Waals surface area contributed by atoms with Crippen molar-refractivity contribution in [3.8, 4) is 0 Å². The summed E-state index contributed by atoms with van der Waals surface area (Å²) in [6.45, 7) is 15.8. The molecular formula is C18H28. The number of hydrogen-bond acceptors (Lipinski definition) is 0. The Labute approximate surface area is 114 Å². The molecule has 0 saturated heterocycles. The van der Waals surface area contributed by atoms with Gasteiger partial charge in [0.15, 0.2) is 0 Å². The van der Waals surface area contributed by atoms with Gasteiger partial charge in [-0.15, -0.1) is 0 Å². The van der Waals surface area contributed by atoms with Crippen LogP contribution in [0.25, 0.3) is 0 Å². The molecule has 0 heterocycles. The van der Waals surface area contributed by atoms with Crippen molar-refractivity contribution in [1.82, 2.24) is 0 Å². The Morgan fingerprint density at radius 1 is 1.00 bits per heavy atom. The zero-order valence-electron chi connectivity index (χ0n) is 12.8. The van der Waals surface area contributed by atoms with Crippen LogP contribution in [0.1, 0.15) is 38.8 Å². The van der Waals surface area contributed by atoms with E-state index in [0.29, 0.717) is 0 Å². The van der Waals surface area contributed by atoms with Gasteiger partial charge in [-0.1, -0.05) is 85.7 Å². The molecule has 0 aromatic heterocycles. The van der Waals surface area contributed by atoms with E-state index >= 15 is 0 Å². The fraction of sp³-hybridized carbons (Fsp3) is 0.333. The van der Waals surface area contributed by atoms with Gasteiger partial charge in [-0.05, 0) is 27.7 Å². The van der Waals surface area contributed by atoms with Gasteiger partial charge in [0.25, 0.3) is 0 Å². The lowest BCUT2D eigenvalue weighted by Crippen LogP contribution is -1.70. The van der Waals surface area contributed by atoms with E-state index in [0.717, 1.165) is 0 Å². The third-order valence-corrected chi connectivity index (χ3v) is 2.03. The van der Waals surface area contributed by atoms with Gasteiger partial charge in [0.2, 0.25) is 0 Å². The maximum atomic E-state index is 3.57. The second-order valence-electron chi connectivity index (χ2n) is 3.80. The Morgan fingerprint density at radius 2 is 1.39 bits per heavy atom. The van der Waals surface area contributed by atoms with Gasteiger partial charge in [-0.3, -0.25) is 0 Å². The quantitative estimate of drug-likeness (QED) is 0.558. The van der Waals surface area contributed by atoms with Crippen LogP contribution in [0, 0.1) is 13.8 Å². The maximum absolute atomic E-state index is 3.57. The molecule has 0 aliphatic rings. The monoisotopic (exact) mass is 244 g/mol. The molecule has 0 unspecified atom stereocenters. The topological polar surface area (TPSA) is 0 Å². The highest BCUT2D eigenvalue weighted by Gasteiger charge is 1.79. The Kier molecular flexibility index (Phi) is 14.1. The lowest BCUT2D eigenvalue weighted by Gasteiger charge is -1.90. The highest BCUT2D eigenvalue weighted by Crippen LogP contribution is 1.99. The predicted octanol–water partition coefficient (Wildman–Crippen LogP) is 6.02. The van der Waals surface area contributed by atoms with Gasteiger partial charge in [0, 0.05) is 0 Å². The molecule has 100 valence electrons. The van der Waals surface area contributed by atoms with Gasteiger partial charge in [-0.2, -0.15) is 0 Å². The van der Waals surface area contributed by atoms with Crippen molar-refractivity contribution in [3.05, 3.63) is 71.8 Å². The Balaban J connectivity index is 0. The standard InChI is InChI=1S/C8H10.C8H12.C2H6/c1-7-3-5-8(2)6-4-7;1-4-6-8(3)7-5-2;1-2/h3-6H,1-2H3;4-7H,1H2,2-3H3;1-2H3/b;7-5-,8-6-;. The van der Waals surface area contributed by atoms with E-state index in [4.69, 9.17) is 0 Å². The minimum atomic E-state index is 1.24. The second-order valence-corrected chi connectivity index (χ2v) is 3.80.